The van der Waals surface area contributed by atoms with E-state index in [0.29, 0.717) is 23.3 Å². The maximum absolute atomic E-state index is 13.9. The van der Waals surface area contributed by atoms with Crippen molar-refractivity contribution in [2.75, 3.05) is 55.8 Å². The zero-order valence-corrected chi connectivity index (χ0v) is 20.1. The van der Waals surface area contributed by atoms with Crippen LogP contribution >= 0.6 is 0 Å². The summed E-state index contributed by atoms with van der Waals surface area (Å²) in [4.78, 5) is 17.0. The second-order valence-corrected chi connectivity index (χ2v) is 9.79. The van der Waals surface area contributed by atoms with Gasteiger partial charge in [0.1, 0.15) is 28.2 Å². The number of nitrogens with zero attached hydrogens (tertiary/aromatic N) is 5. The van der Waals surface area contributed by atoms with E-state index in [-0.39, 0.29) is 5.95 Å². The molecule has 1 saturated heterocycles. The maximum Gasteiger partial charge on any atom is 0.230 e. The van der Waals surface area contributed by atoms with Crippen molar-refractivity contribution in [2.24, 2.45) is 0 Å². The first-order chi connectivity index (χ1) is 16.7. The zero-order chi connectivity index (χ0) is 25.0. The molecule has 12 heteroatoms. The molecule has 1 fully saturated rings. The molecule has 0 atom stereocenters. The minimum absolute atomic E-state index is 0.263. The van der Waals surface area contributed by atoms with E-state index in [0.717, 1.165) is 49.4 Å². The first kappa shape index (κ1) is 24.5. The van der Waals surface area contributed by atoms with Crippen molar-refractivity contribution < 1.29 is 17.2 Å². The molecular formula is C23H25F2N7O2S. The molecule has 1 aliphatic heterocycles. The third-order valence-corrected chi connectivity index (χ3v) is 6.98. The van der Waals surface area contributed by atoms with Gasteiger partial charge in [0.15, 0.2) is 0 Å². The quantitative estimate of drug-likeness (QED) is 0.473. The Labute approximate surface area is 202 Å². The molecule has 0 spiro atoms. The van der Waals surface area contributed by atoms with Crippen LogP contribution in [-0.2, 0) is 9.84 Å². The van der Waals surface area contributed by atoms with Gasteiger partial charge in [-0.3, -0.25) is 0 Å². The molecule has 0 unspecified atom stereocenters. The average molecular weight is 502 g/mol. The lowest BCUT2D eigenvalue weighted by Gasteiger charge is -2.33. The van der Waals surface area contributed by atoms with Gasteiger partial charge in [-0.2, -0.15) is 4.98 Å². The lowest BCUT2D eigenvalue weighted by atomic mass is 10.3. The van der Waals surface area contributed by atoms with Crippen LogP contribution < -0.4 is 15.5 Å². The van der Waals surface area contributed by atoms with Gasteiger partial charge < -0.3 is 20.4 Å². The number of anilines is 4. The summed E-state index contributed by atoms with van der Waals surface area (Å²) < 4.78 is 52.0. The van der Waals surface area contributed by atoms with Crippen LogP contribution in [0.3, 0.4) is 0 Å². The zero-order valence-electron chi connectivity index (χ0n) is 19.2. The summed E-state index contributed by atoms with van der Waals surface area (Å²) in [5.41, 5.74) is 1.40. The molecule has 3 aromatic rings. The number of aromatic nitrogens is 3. The van der Waals surface area contributed by atoms with Crippen LogP contribution in [0, 0.1) is 11.6 Å². The second kappa shape index (κ2) is 10.3. The molecular weight excluding hydrogens is 476 g/mol. The predicted molar refractivity (Wildman–Crippen MR) is 131 cm³/mol. The van der Waals surface area contributed by atoms with E-state index < -0.39 is 26.4 Å². The van der Waals surface area contributed by atoms with Crippen LogP contribution in [0.25, 0.3) is 6.08 Å². The van der Waals surface area contributed by atoms with Crippen LogP contribution in [-0.4, -0.2) is 68.5 Å². The molecule has 1 aliphatic rings. The Balaban J connectivity index is 1.47. The Kier molecular flexibility index (Phi) is 7.22. The Morgan fingerprint density at radius 1 is 1.03 bits per heavy atom. The Bertz CT molecular complexity index is 1330. The standard InChI is InChI=1S/C23H25F2N7O2S/c1-26-22-16(7-12-35(33,34)20-5-3-17(24)13-19(20)25)14-28-23(30-22)29-21-6-4-18(15-27-21)32-10-8-31(2)9-11-32/h3-7,12-15H,8-11H2,1-2H3,(H2,26,27,28,29,30)/b12-7+. The first-order valence-electron chi connectivity index (χ1n) is 10.8. The number of hydrogen-bond acceptors (Lipinski definition) is 9. The van der Waals surface area contributed by atoms with Gasteiger partial charge in [-0.25, -0.2) is 27.2 Å². The molecule has 2 N–H and O–H groups in total. The van der Waals surface area contributed by atoms with Gasteiger partial charge in [0.2, 0.25) is 15.8 Å². The first-order valence-corrected chi connectivity index (χ1v) is 12.4. The molecule has 184 valence electrons. The van der Waals surface area contributed by atoms with Gasteiger partial charge in [0.25, 0.3) is 0 Å². The topological polar surface area (TPSA) is 103 Å². The Hall–Kier alpha value is -3.64. The number of hydrogen-bond donors (Lipinski definition) is 2. The number of piperazine rings is 1. The van der Waals surface area contributed by atoms with E-state index in [4.69, 9.17) is 0 Å². The largest absolute Gasteiger partial charge is 0.372 e. The lowest BCUT2D eigenvalue weighted by molar-refractivity contribution is 0.313. The number of pyridine rings is 1. The summed E-state index contributed by atoms with van der Waals surface area (Å²) in [6.07, 6.45) is 4.47. The highest BCUT2D eigenvalue weighted by molar-refractivity contribution is 7.94. The van der Waals surface area contributed by atoms with E-state index in [1.807, 2.05) is 12.1 Å². The van der Waals surface area contributed by atoms with Gasteiger partial charge in [-0.05, 0) is 37.4 Å². The fourth-order valence-corrected chi connectivity index (χ4v) is 4.60. The van der Waals surface area contributed by atoms with Crippen molar-refractivity contribution in [2.45, 2.75) is 4.90 Å². The molecule has 9 nitrogen and oxygen atoms in total. The third-order valence-electron chi connectivity index (χ3n) is 5.54. The number of sulfone groups is 1. The molecule has 3 heterocycles. The van der Waals surface area contributed by atoms with Gasteiger partial charge in [0.05, 0.1) is 11.9 Å². The molecule has 0 aliphatic carbocycles. The highest BCUT2D eigenvalue weighted by Gasteiger charge is 2.18. The van der Waals surface area contributed by atoms with Crippen molar-refractivity contribution in [3.8, 4) is 0 Å². The van der Waals surface area contributed by atoms with Crippen LogP contribution in [0.4, 0.5) is 32.1 Å². The highest BCUT2D eigenvalue weighted by atomic mass is 32.2. The summed E-state index contributed by atoms with van der Waals surface area (Å²) in [6, 6.07) is 6.12. The normalized spacial score (nSPS) is 14.9. The minimum Gasteiger partial charge on any atom is -0.372 e. The predicted octanol–water partition coefficient (Wildman–Crippen LogP) is 3.13. The summed E-state index contributed by atoms with van der Waals surface area (Å²) in [5, 5.41) is 6.73. The molecule has 1 aromatic carbocycles. The van der Waals surface area contributed by atoms with Gasteiger partial charge in [0, 0.05) is 56.5 Å². The molecule has 35 heavy (non-hydrogen) atoms. The second-order valence-electron chi connectivity index (χ2n) is 7.99. The maximum atomic E-state index is 13.9. The summed E-state index contributed by atoms with van der Waals surface area (Å²) in [6.45, 7) is 3.89. The minimum atomic E-state index is -4.14. The monoisotopic (exact) mass is 501 g/mol. The van der Waals surface area contributed by atoms with Crippen molar-refractivity contribution >= 4 is 39.2 Å². The summed E-state index contributed by atoms with van der Waals surface area (Å²) >= 11 is 0. The van der Waals surface area contributed by atoms with E-state index >= 15 is 0 Å². The lowest BCUT2D eigenvalue weighted by Crippen LogP contribution is -2.44. The van der Waals surface area contributed by atoms with Crippen molar-refractivity contribution in [1.29, 1.82) is 0 Å². The smallest absolute Gasteiger partial charge is 0.230 e. The molecule has 0 amide bonds. The number of benzene rings is 1. The van der Waals surface area contributed by atoms with Crippen LogP contribution in [0.2, 0.25) is 0 Å². The third kappa shape index (κ3) is 5.89. The molecule has 0 radical (unpaired) electrons. The van der Waals surface area contributed by atoms with Crippen molar-refractivity contribution in [3.63, 3.8) is 0 Å². The number of rotatable bonds is 7. The molecule has 4 rings (SSSR count). The van der Waals surface area contributed by atoms with E-state index in [1.54, 1.807) is 13.2 Å². The highest BCUT2D eigenvalue weighted by Crippen LogP contribution is 2.23. The van der Waals surface area contributed by atoms with Crippen LogP contribution in [0.5, 0.6) is 0 Å². The van der Waals surface area contributed by atoms with Crippen molar-refractivity contribution in [1.82, 2.24) is 19.9 Å². The number of nitrogens with one attached hydrogen (secondary N) is 2. The Morgan fingerprint density at radius 3 is 2.46 bits per heavy atom. The molecule has 0 saturated carbocycles. The van der Waals surface area contributed by atoms with Gasteiger partial charge >= 0.3 is 0 Å². The number of likely N-dealkylation sites (N-methyl/N-ethyl adjacent to an activating group) is 1. The fraction of sp³-hybridized carbons (Fsp3) is 0.261. The summed E-state index contributed by atoms with van der Waals surface area (Å²) in [5.74, 6) is -0.850. The van der Waals surface area contributed by atoms with E-state index in [1.165, 1.54) is 12.3 Å². The van der Waals surface area contributed by atoms with Gasteiger partial charge in [-0.1, -0.05) is 0 Å². The SMILES string of the molecule is CNc1nc(Nc2ccc(N3CCN(C)CC3)cn2)ncc1/C=C/S(=O)(=O)c1ccc(F)cc1F. The Morgan fingerprint density at radius 2 is 1.80 bits per heavy atom. The van der Waals surface area contributed by atoms with Crippen LogP contribution in [0.1, 0.15) is 5.56 Å². The molecule has 2 aromatic heterocycles. The van der Waals surface area contributed by atoms with Crippen LogP contribution in [0.15, 0.2) is 53.0 Å². The molecule has 0 bridgehead atoms. The number of halogens is 2. The van der Waals surface area contributed by atoms with E-state index in [2.05, 4.69) is 42.4 Å². The van der Waals surface area contributed by atoms with E-state index in [9.17, 15) is 17.2 Å². The average Bonchev–Trinajstić information content (AvgIpc) is 2.84. The van der Waals surface area contributed by atoms with Gasteiger partial charge in [-0.15, -0.1) is 0 Å². The summed E-state index contributed by atoms with van der Waals surface area (Å²) in [7, 11) is -0.414. The fourth-order valence-electron chi connectivity index (χ4n) is 3.54. The van der Waals surface area contributed by atoms with Crippen molar-refractivity contribution in [3.05, 3.63) is 65.3 Å².